The van der Waals surface area contributed by atoms with Crippen LogP contribution in [0.3, 0.4) is 0 Å². The van der Waals surface area contributed by atoms with Crippen LogP contribution in [0.25, 0.3) is 11.1 Å². The zero-order valence-corrected chi connectivity index (χ0v) is 44.3. The third-order valence-electron chi connectivity index (χ3n) is 19.7. The highest BCUT2D eigenvalue weighted by Crippen LogP contribution is 2.62. The van der Waals surface area contributed by atoms with E-state index in [0.717, 1.165) is 116 Å². The van der Waals surface area contributed by atoms with Crippen molar-refractivity contribution in [2.75, 3.05) is 40.0 Å². The molecule has 12 heteroatoms. The van der Waals surface area contributed by atoms with Gasteiger partial charge in [0.25, 0.3) is 0 Å². The fourth-order valence-corrected chi connectivity index (χ4v) is 15.9. The van der Waals surface area contributed by atoms with Crippen molar-refractivity contribution in [3.8, 4) is 51.9 Å². The molecule has 4 aliphatic carbocycles. The number of hydrogen-bond acceptors (Lipinski definition) is 12. The number of fused-ring (bicyclic) bond motifs is 2. The maximum Gasteiger partial charge on any atom is 0.188 e. The summed E-state index contributed by atoms with van der Waals surface area (Å²) >= 11 is 0. The van der Waals surface area contributed by atoms with E-state index in [4.69, 9.17) is 34.4 Å². The van der Waals surface area contributed by atoms with Gasteiger partial charge in [-0.2, -0.15) is 0 Å². The van der Waals surface area contributed by atoms with E-state index in [9.17, 15) is 20.4 Å². The number of phenolic OH excluding ortho intramolecular Hbond substituents is 1. The molecule has 7 aliphatic heterocycles. The third-order valence-corrected chi connectivity index (χ3v) is 19.7. The van der Waals surface area contributed by atoms with E-state index in [1.54, 1.807) is 7.11 Å². The van der Waals surface area contributed by atoms with E-state index < -0.39 is 18.3 Å². The maximum atomic E-state index is 12.5. The highest BCUT2D eigenvalue weighted by molar-refractivity contribution is 5.84. The van der Waals surface area contributed by atoms with Gasteiger partial charge in [-0.1, -0.05) is 57.8 Å². The standard InChI is InChI=1S/C62H81N3O9/c1-5-37-25-40-11-10-39(37)26-45(67)33-62(17-7-16-61(62)18-22-71-23-19-61)35-65-60(63)64-20-15-46-42(34-66)12-9-38-8-6-21-72-52-14-13-41(30-54(52)74-58(38)46)59-51(69)31-49-53(73-59)32-55(70-4)57-48-28-44(24-36(2)3)50(68)29-43(48)27-47(40)56(49)57/h10-11,13-14,28-30,32,36-40,42,45-47,51,58-59,66-69H,5,7-9,12,15-20,22-27,31,33-35H2,1-4H3,(H3,63,64,65)/t37-,38+,39-,40-,42-,45+,46+,47+,51+,58+,59-,62+/m0/s1. The first-order valence-electron chi connectivity index (χ1n) is 28.4. The number of guanidine groups is 1. The topological polar surface area (TPSA) is 177 Å². The molecule has 12 atom stereocenters. The number of nitrogens with zero attached hydrogens (tertiary/aromatic N) is 1. The second-order valence-electron chi connectivity index (χ2n) is 24.2. The summed E-state index contributed by atoms with van der Waals surface area (Å²) < 4.78 is 32.7. The summed E-state index contributed by atoms with van der Waals surface area (Å²) in [5.74, 6) is 7.64. The summed E-state index contributed by atoms with van der Waals surface area (Å²) in [5.41, 5.74) is 13.7. The van der Waals surface area contributed by atoms with Crippen LogP contribution < -0.4 is 30.0 Å². The van der Waals surface area contributed by atoms with Gasteiger partial charge in [0.2, 0.25) is 0 Å². The largest absolute Gasteiger partial charge is 0.508 e. The number of benzene rings is 3. The number of methoxy groups -OCH3 is 1. The molecule has 3 aromatic rings. The molecular weight excluding hydrogens is 931 g/mol. The van der Waals surface area contributed by atoms with Gasteiger partial charge in [-0.25, -0.2) is 0 Å². The van der Waals surface area contributed by atoms with Crippen molar-refractivity contribution in [2.45, 2.75) is 154 Å². The van der Waals surface area contributed by atoms with Crippen molar-refractivity contribution in [1.29, 1.82) is 0 Å². The van der Waals surface area contributed by atoms with Crippen molar-refractivity contribution in [1.82, 2.24) is 5.32 Å². The molecule has 9 bridgehead atoms. The summed E-state index contributed by atoms with van der Waals surface area (Å²) in [6.45, 7) is 9.27. The number of aliphatic hydroxyl groups is 3. The van der Waals surface area contributed by atoms with Gasteiger partial charge < -0.3 is 55.2 Å². The Balaban J connectivity index is 1.03. The molecule has 2 spiro atoms. The normalized spacial score (nSPS) is 33.2. The third kappa shape index (κ3) is 9.55. The van der Waals surface area contributed by atoms with Gasteiger partial charge in [0, 0.05) is 74.8 Å². The molecule has 11 aliphatic rings. The van der Waals surface area contributed by atoms with Crippen molar-refractivity contribution < 1.29 is 44.1 Å². The van der Waals surface area contributed by atoms with Crippen LogP contribution in [0, 0.1) is 64.3 Å². The fourth-order valence-electron chi connectivity index (χ4n) is 15.9. The van der Waals surface area contributed by atoms with Gasteiger partial charge in [-0.3, -0.25) is 4.99 Å². The number of aromatic hydroxyl groups is 1. The lowest BCUT2D eigenvalue weighted by Crippen LogP contribution is -2.47. The van der Waals surface area contributed by atoms with Crippen LogP contribution in [0.2, 0.25) is 0 Å². The van der Waals surface area contributed by atoms with Crippen molar-refractivity contribution in [3.05, 3.63) is 76.4 Å². The predicted octanol–water partition coefficient (Wildman–Crippen LogP) is 9.70. The van der Waals surface area contributed by atoms with Gasteiger partial charge in [-0.15, -0.1) is 0 Å². The first-order valence-corrected chi connectivity index (χ1v) is 28.4. The van der Waals surface area contributed by atoms with Crippen LogP contribution in [-0.2, 0) is 24.0 Å². The second kappa shape index (κ2) is 21.2. The summed E-state index contributed by atoms with van der Waals surface area (Å²) in [4.78, 5) is 5.16. The van der Waals surface area contributed by atoms with E-state index >= 15 is 0 Å². The monoisotopic (exact) mass is 1010 g/mol. The van der Waals surface area contributed by atoms with E-state index in [-0.39, 0.29) is 59.0 Å². The summed E-state index contributed by atoms with van der Waals surface area (Å²) in [7, 11) is 1.73. The molecule has 2 saturated carbocycles. The average molecular weight is 1010 g/mol. The SMILES string of the molecule is CC[C@H]1C[C@@H]2C=C[C@H]1C[C@@H](O)C[C@]1(CCCC13CCOCC3)CN=C(N)NCC[C@@H]1[C@H](CO)CC[C@H]3CC#COc4ccc(cc4O[C@H]31)[C@@H]1Oc3cc(OC)c4c(c3C[C@H]1O)[C@@H]2Cc1cc(O)c(CC(C)C)cc1-4. The molecule has 0 aromatic heterocycles. The van der Waals surface area contributed by atoms with Gasteiger partial charge >= 0.3 is 0 Å². The molecule has 0 radical (unpaired) electrons. The van der Waals surface area contributed by atoms with Crippen LogP contribution in [0.15, 0.2) is 53.5 Å². The van der Waals surface area contributed by atoms with Crippen LogP contribution in [-0.4, -0.2) is 84.7 Å². The van der Waals surface area contributed by atoms with Crippen molar-refractivity contribution in [2.24, 2.45) is 63.0 Å². The number of aliphatic imine (C=N–C) groups is 1. The Bertz CT molecular complexity index is 2670. The fraction of sp³-hybridized carbons (Fsp3) is 0.629. The molecule has 0 amide bonds. The van der Waals surface area contributed by atoms with Gasteiger partial charge in [0.15, 0.2) is 17.5 Å². The van der Waals surface area contributed by atoms with Crippen LogP contribution in [0.5, 0.6) is 28.7 Å². The number of rotatable bonds is 5. The lowest BCUT2D eigenvalue weighted by atomic mass is 9.58. The number of nitrogens with two attached hydrogens (primary N) is 1. The quantitative estimate of drug-likeness (QED) is 0.106. The lowest BCUT2D eigenvalue weighted by molar-refractivity contribution is -0.0671. The number of nitrogens with one attached hydrogen (secondary N) is 1. The van der Waals surface area contributed by atoms with Gasteiger partial charge in [0.1, 0.15) is 35.6 Å². The Kier molecular flexibility index (Phi) is 14.7. The minimum atomic E-state index is -0.890. The number of phenols is 1. The van der Waals surface area contributed by atoms with Crippen molar-refractivity contribution in [3.63, 3.8) is 0 Å². The molecule has 3 fully saturated rings. The maximum absolute atomic E-state index is 12.5. The number of hydrogen-bond donors (Lipinski definition) is 6. The molecule has 3 aromatic carbocycles. The molecule has 1 saturated heterocycles. The molecule has 14 rings (SSSR count). The summed E-state index contributed by atoms with van der Waals surface area (Å²) in [6, 6.07) is 12.0. The highest BCUT2D eigenvalue weighted by Gasteiger charge is 2.55. The van der Waals surface area contributed by atoms with Gasteiger partial charge in [0.05, 0.1) is 19.3 Å². The Morgan fingerprint density at radius 1 is 0.919 bits per heavy atom. The molecule has 0 unspecified atom stereocenters. The Morgan fingerprint density at radius 2 is 1.74 bits per heavy atom. The van der Waals surface area contributed by atoms with Gasteiger partial charge in [-0.05, 0) is 175 Å². The minimum Gasteiger partial charge on any atom is -0.508 e. The Hall–Kier alpha value is -4.93. The van der Waals surface area contributed by atoms with E-state index in [0.29, 0.717) is 98.2 Å². The van der Waals surface area contributed by atoms with E-state index in [1.807, 2.05) is 30.3 Å². The Morgan fingerprint density at radius 3 is 2.54 bits per heavy atom. The highest BCUT2D eigenvalue weighted by atomic mass is 16.5. The summed E-state index contributed by atoms with van der Waals surface area (Å²) in [6.07, 6.45) is 18.7. The number of allylic oxidation sites excluding steroid dienone is 2. The average Bonchev–Trinajstić information content (AvgIpc) is 3.76. The lowest BCUT2D eigenvalue weighted by Gasteiger charge is -2.49. The molecule has 12 nitrogen and oxygen atoms in total. The number of ether oxygens (including phenoxy) is 5. The molecule has 7 N–H and O–H groups in total. The summed E-state index contributed by atoms with van der Waals surface area (Å²) in [5, 5.41) is 50.9. The molecule has 7 heterocycles. The Labute approximate surface area is 438 Å². The zero-order valence-electron chi connectivity index (χ0n) is 44.3. The first kappa shape index (κ1) is 51.2. The second-order valence-corrected chi connectivity index (χ2v) is 24.2. The van der Waals surface area contributed by atoms with Crippen LogP contribution >= 0.6 is 0 Å². The smallest absolute Gasteiger partial charge is 0.188 e. The van der Waals surface area contributed by atoms with E-state index in [2.05, 4.69) is 56.3 Å². The molecule has 398 valence electrons. The number of aliphatic hydroxyl groups excluding tert-OH is 3. The minimum absolute atomic E-state index is 0.0111. The van der Waals surface area contributed by atoms with Crippen molar-refractivity contribution >= 4 is 5.96 Å². The molecule has 74 heavy (non-hydrogen) atoms. The predicted molar refractivity (Wildman–Crippen MR) is 286 cm³/mol. The molecular formula is C62H81N3O9. The van der Waals surface area contributed by atoms with Crippen LogP contribution in [0.4, 0.5) is 0 Å². The van der Waals surface area contributed by atoms with E-state index in [1.165, 1.54) is 0 Å². The van der Waals surface area contributed by atoms with Crippen LogP contribution in [0.1, 0.15) is 144 Å². The zero-order chi connectivity index (χ0) is 51.3. The first-order chi connectivity index (χ1) is 35.9.